The van der Waals surface area contributed by atoms with Crippen LogP contribution >= 0.6 is 0 Å². The summed E-state index contributed by atoms with van der Waals surface area (Å²) in [6, 6.07) is 7.63. The highest BCUT2D eigenvalue weighted by molar-refractivity contribution is 6.08. The van der Waals surface area contributed by atoms with Crippen molar-refractivity contribution in [2.45, 2.75) is 6.92 Å². The maximum atomic E-state index is 12.5. The lowest BCUT2D eigenvalue weighted by atomic mass is 10.1. The monoisotopic (exact) mass is 285 g/mol. The van der Waals surface area contributed by atoms with E-state index in [4.69, 9.17) is 10.8 Å². The van der Waals surface area contributed by atoms with Gasteiger partial charge < -0.3 is 15.7 Å². The number of carbonyl (C=O) groups is 2. The molecule has 0 bridgehead atoms. The van der Waals surface area contributed by atoms with Gasteiger partial charge in [-0.1, -0.05) is 0 Å². The van der Waals surface area contributed by atoms with E-state index in [2.05, 4.69) is 4.98 Å². The van der Waals surface area contributed by atoms with E-state index >= 15 is 0 Å². The van der Waals surface area contributed by atoms with Crippen LogP contribution in [0, 0.1) is 6.92 Å². The number of amides is 1. The maximum absolute atomic E-state index is 12.5. The first kappa shape index (κ1) is 14.5. The van der Waals surface area contributed by atoms with Gasteiger partial charge in [0.05, 0.1) is 22.5 Å². The number of pyridine rings is 1. The molecule has 0 spiro atoms. The first-order valence-electron chi connectivity index (χ1n) is 6.24. The number of hydrogen-bond donors (Lipinski definition) is 2. The van der Waals surface area contributed by atoms with Gasteiger partial charge in [0.2, 0.25) is 0 Å². The number of carboxylic acid groups (broad SMARTS) is 1. The minimum Gasteiger partial charge on any atom is -0.478 e. The molecule has 0 unspecified atom stereocenters. The topological polar surface area (TPSA) is 96.5 Å². The molecule has 0 aliphatic carbocycles. The molecule has 0 fully saturated rings. The normalized spacial score (nSPS) is 10.2. The number of nitrogens with two attached hydrogens (primary N) is 1. The van der Waals surface area contributed by atoms with Gasteiger partial charge in [0.1, 0.15) is 0 Å². The van der Waals surface area contributed by atoms with E-state index in [9.17, 15) is 9.59 Å². The summed E-state index contributed by atoms with van der Waals surface area (Å²) in [6.07, 6.45) is 1.61. The summed E-state index contributed by atoms with van der Waals surface area (Å²) in [6.45, 7) is 1.75. The molecule has 6 nitrogen and oxygen atoms in total. The predicted molar refractivity (Wildman–Crippen MR) is 79.5 cm³/mol. The average Bonchev–Trinajstić information content (AvgIpc) is 2.46. The number of aromatic carboxylic acids is 1. The molecule has 0 saturated carbocycles. The van der Waals surface area contributed by atoms with Crippen LogP contribution in [0.15, 0.2) is 36.5 Å². The Hall–Kier alpha value is -2.89. The first-order chi connectivity index (χ1) is 9.91. The Kier molecular flexibility index (Phi) is 3.89. The lowest BCUT2D eigenvalue weighted by molar-refractivity contribution is 0.0697. The van der Waals surface area contributed by atoms with Gasteiger partial charge in [0.15, 0.2) is 0 Å². The summed E-state index contributed by atoms with van der Waals surface area (Å²) < 4.78 is 0. The van der Waals surface area contributed by atoms with E-state index in [1.807, 2.05) is 0 Å². The average molecular weight is 285 g/mol. The second-order valence-electron chi connectivity index (χ2n) is 4.58. The van der Waals surface area contributed by atoms with Gasteiger partial charge >= 0.3 is 5.97 Å². The van der Waals surface area contributed by atoms with E-state index in [1.165, 1.54) is 23.1 Å². The van der Waals surface area contributed by atoms with Gasteiger partial charge in [-0.3, -0.25) is 9.78 Å². The van der Waals surface area contributed by atoms with Crippen LogP contribution in [-0.4, -0.2) is 29.0 Å². The Morgan fingerprint density at radius 3 is 2.57 bits per heavy atom. The maximum Gasteiger partial charge on any atom is 0.335 e. The summed E-state index contributed by atoms with van der Waals surface area (Å²) in [5.74, 6) is -1.32. The Labute approximate surface area is 121 Å². The number of benzene rings is 1. The SMILES string of the molecule is Cc1ncccc1C(=O)N(C)c1ccc(C(=O)O)cc1N. The van der Waals surface area contributed by atoms with Crippen molar-refractivity contribution in [2.24, 2.45) is 0 Å². The largest absolute Gasteiger partial charge is 0.478 e. The molecule has 0 atom stereocenters. The fourth-order valence-electron chi connectivity index (χ4n) is 1.99. The number of carboxylic acids is 1. The molecule has 0 radical (unpaired) electrons. The molecule has 0 saturated heterocycles. The molecule has 6 heteroatoms. The fraction of sp³-hybridized carbons (Fsp3) is 0.133. The second-order valence-corrected chi connectivity index (χ2v) is 4.58. The van der Waals surface area contributed by atoms with Crippen molar-refractivity contribution in [1.82, 2.24) is 4.98 Å². The number of aromatic nitrogens is 1. The number of hydrogen-bond acceptors (Lipinski definition) is 4. The van der Waals surface area contributed by atoms with Crippen LogP contribution < -0.4 is 10.6 Å². The van der Waals surface area contributed by atoms with Crippen LogP contribution in [-0.2, 0) is 0 Å². The van der Waals surface area contributed by atoms with Crippen LogP contribution in [0.5, 0.6) is 0 Å². The third-order valence-electron chi connectivity index (χ3n) is 3.18. The minimum absolute atomic E-state index is 0.0784. The summed E-state index contributed by atoms with van der Waals surface area (Å²) in [5.41, 5.74) is 7.69. The van der Waals surface area contributed by atoms with Crippen molar-refractivity contribution < 1.29 is 14.7 Å². The predicted octanol–water partition coefficient (Wildman–Crippen LogP) is 1.95. The quantitative estimate of drug-likeness (QED) is 0.840. The van der Waals surface area contributed by atoms with Crippen LogP contribution in [0.4, 0.5) is 11.4 Å². The van der Waals surface area contributed by atoms with Gasteiger partial charge in [-0.15, -0.1) is 0 Å². The summed E-state index contributed by atoms with van der Waals surface area (Å²) in [5, 5.41) is 8.92. The smallest absolute Gasteiger partial charge is 0.335 e. The van der Waals surface area contributed by atoms with Crippen molar-refractivity contribution in [3.63, 3.8) is 0 Å². The van der Waals surface area contributed by atoms with Crippen LogP contribution in [0.3, 0.4) is 0 Å². The molecular weight excluding hydrogens is 270 g/mol. The fourth-order valence-corrected chi connectivity index (χ4v) is 1.99. The van der Waals surface area contributed by atoms with Crippen molar-refractivity contribution in [3.8, 4) is 0 Å². The molecule has 2 aromatic rings. The molecule has 1 aromatic carbocycles. The zero-order valence-electron chi connectivity index (χ0n) is 11.7. The molecule has 108 valence electrons. The number of nitrogens with zero attached hydrogens (tertiary/aromatic N) is 2. The van der Waals surface area contributed by atoms with Crippen molar-refractivity contribution >= 4 is 23.3 Å². The molecule has 1 aromatic heterocycles. The van der Waals surface area contributed by atoms with Crippen molar-refractivity contribution in [1.29, 1.82) is 0 Å². The Morgan fingerprint density at radius 1 is 1.29 bits per heavy atom. The summed E-state index contributed by atoms with van der Waals surface area (Å²) >= 11 is 0. The highest BCUT2D eigenvalue weighted by Crippen LogP contribution is 2.25. The third-order valence-corrected chi connectivity index (χ3v) is 3.18. The van der Waals surface area contributed by atoms with Crippen molar-refractivity contribution in [3.05, 3.63) is 53.3 Å². The van der Waals surface area contributed by atoms with Crippen LogP contribution in [0.25, 0.3) is 0 Å². The Bertz CT molecular complexity index is 713. The van der Waals surface area contributed by atoms with E-state index < -0.39 is 5.97 Å². The van der Waals surface area contributed by atoms with E-state index in [1.54, 1.807) is 32.3 Å². The summed E-state index contributed by atoms with van der Waals surface area (Å²) in [7, 11) is 1.58. The highest BCUT2D eigenvalue weighted by Gasteiger charge is 2.18. The first-order valence-corrected chi connectivity index (χ1v) is 6.24. The second kappa shape index (κ2) is 5.62. The number of carbonyl (C=O) groups excluding carboxylic acids is 1. The van der Waals surface area contributed by atoms with Gasteiger partial charge in [0.25, 0.3) is 5.91 Å². The minimum atomic E-state index is -1.06. The van der Waals surface area contributed by atoms with Gasteiger partial charge in [0, 0.05) is 18.9 Å². The molecule has 21 heavy (non-hydrogen) atoms. The molecule has 0 aliphatic rings. The zero-order chi connectivity index (χ0) is 15.6. The molecule has 1 amide bonds. The lowest BCUT2D eigenvalue weighted by Gasteiger charge is -2.20. The number of aryl methyl sites for hydroxylation is 1. The van der Waals surface area contributed by atoms with Gasteiger partial charge in [-0.05, 0) is 37.3 Å². The van der Waals surface area contributed by atoms with E-state index in [0.29, 0.717) is 16.9 Å². The Balaban J connectivity index is 2.36. The number of rotatable bonds is 3. The molecule has 0 aliphatic heterocycles. The Morgan fingerprint density at radius 2 is 2.00 bits per heavy atom. The molecule has 3 N–H and O–H groups in total. The zero-order valence-corrected chi connectivity index (χ0v) is 11.7. The van der Waals surface area contributed by atoms with Gasteiger partial charge in [-0.25, -0.2) is 4.79 Å². The van der Waals surface area contributed by atoms with Crippen LogP contribution in [0.2, 0.25) is 0 Å². The molecule has 1 heterocycles. The molecule has 2 rings (SSSR count). The summed E-state index contributed by atoms with van der Waals surface area (Å²) in [4.78, 5) is 28.8. The number of anilines is 2. The lowest BCUT2D eigenvalue weighted by Crippen LogP contribution is -2.28. The third kappa shape index (κ3) is 2.84. The van der Waals surface area contributed by atoms with E-state index in [0.717, 1.165) is 0 Å². The standard InChI is InChI=1S/C15H15N3O3/c1-9-11(4-3-7-17-9)14(19)18(2)13-6-5-10(15(20)21)8-12(13)16/h3-8H,16H2,1-2H3,(H,20,21). The van der Waals surface area contributed by atoms with E-state index in [-0.39, 0.29) is 17.2 Å². The van der Waals surface area contributed by atoms with Gasteiger partial charge in [-0.2, -0.15) is 0 Å². The van der Waals surface area contributed by atoms with Crippen LogP contribution in [0.1, 0.15) is 26.4 Å². The van der Waals surface area contributed by atoms with Crippen molar-refractivity contribution in [2.75, 3.05) is 17.7 Å². The molecular formula is C15H15N3O3. The highest BCUT2D eigenvalue weighted by atomic mass is 16.4. The number of nitrogen functional groups attached to an aromatic ring is 1.